The standard InChI is InChI=1S/C12H15F2NO2/c1-7(15-8(2)12(16)17-3)9-4-10(13)6-11(14)5-9/h4-8,15H,1-3H3/t7?,8-/m0/s1. The maximum absolute atomic E-state index is 13.0. The average Bonchev–Trinajstić information content (AvgIpc) is 2.26. The number of benzene rings is 1. The van der Waals surface area contributed by atoms with Crippen LogP contribution in [0.1, 0.15) is 25.5 Å². The van der Waals surface area contributed by atoms with Gasteiger partial charge in [-0.05, 0) is 31.5 Å². The highest BCUT2D eigenvalue weighted by Crippen LogP contribution is 2.16. The van der Waals surface area contributed by atoms with Gasteiger partial charge in [0.15, 0.2) is 0 Å². The van der Waals surface area contributed by atoms with Crippen LogP contribution in [0.2, 0.25) is 0 Å². The van der Waals surface area contributed by atoms with Gasteiger partial charge in [-0.25, -0.2) is 8.78 Å². The summed E-state index contributed by atoms with van der Waals surface area (Å²) in [4.78, 5) is 11.2. The molecule has 0 saturated carbocycles. The molecule has 1 unspecified atom stereocenters. The highest BCUT2D eigenvalue weighted by molar-refractivity contribution is 5.75. The summed E-state index contributed by atoms with van der Waals surface area (Å²) in [6, 6.07) is 2.37. The Labute approximate surface area is 98.8 Å². The van der Waals surface area contributed by atoms with Crippen LogP contribution in [0, 0.1) is 11.6 Å². The molecular weight excluding hydrogens is 228 g/mol. The van der Waals surface area contributed by atoms with E-state index in [1.54, 1.807) is 13.8 Å². The molecule has 1 rings (SSSR count). The molecule has 1 aromatic carbocycles. The number of esters is 1. The maximum Gasteiger partial charge on any atom is 0.322 e. The Bertz CT molecular complexity index is 389. The third-order valence-electron chi connectivity index (χ3n) is 2.44. The topological polar surface area (TPSA) is 38.3 Å². The van der Waals surface area contributed by atoms with Crippen LogP contribution in [0.15, 0.2) is 18.2 Å². The number of carbonyl (C=O) groups excluding carboxylic acids is 1. The molecule has 3 nitrogen and oxygen atoms in total. The number of hydrogen-bond donors (Lipinski definition) is 1. The number of halogens is 2. The Morgan fingerprint density at radius 3 is 2.24 bits per heavy atom. The fourth-order valence-corrected chi connectivity index (χ4v) is 1.54. The van der Waals surface area contributed by atoms with Gasteiger partial charge in [-0.1, -0.05) is 0 Å². The molecule has 0 aliphatic heterocycles. The lowest BCUT2D eigenvalue weighted by Gasteiger charge is -2.18. The van der Waals surface area contributed by atoms with Gasteiger partial charge in [0, 0.05) is 12.1 Å². The average molecular weight is 243 g/mol. The molecule has 1 N–H and O–H groups in total. The van der Waals surface area contributed by atoms with Crippen molar-refractivity contribution in [3.8, 4) is 0 Å². The van der Waals surface area contributed by atoms with E-state index >= 15 is 0 Å². The Morgan fingerprint density at radius 1 is 1.24 bits per heavy atom. The van der Waals surface area contributed by atoms with Gasteiger partial charge >= 0.3 is 5.97 Å². The van der Waals surface area contributed by atoms with Crippen molar-refractivity contribution in [3.63, 3.8) is 0 Å². The Balaban J connectivity index is 2.75. The van der Waals surface area contributed by atoms with Crippen molar-refractivity contribution in [2.45, 2.75) is 25.9 Å². The summed E-state index contributed by atoms with van der Waals surface area (Å²) in [6.45, 7) is 3.34. The molecule has 0 aliphatic carbocycles. The second kappa shape index (κ2) is 5.72. The number of nitrogens with one attached hydrogen (secondary N) is 1. The largest absolute Gasteiger partial charge is 0.468 e. The molecule has 0 saturated heterocycles. The molecule has 94 valence electrons. The van der Waals surface area contributed by atoms with Crippen LogP contribution < -0.4 is 5.32 Å². The minimum atomic E-state index is -0.639. The fraction of sp³-hybridized carbons (Fsp3) is 0.417. The van der Waals surface area contributed by atoms with Crippen LogP contribution in [0.25, 0.3) is 0 Å². The summed E-state index contributed by atoms with van der Waals surface area (Å²) >= 11 is 0. The molecule has 0 radical (unpaired) electrons. The number of methoxy groups -OCH3 is 1. The Morgan fingerprint density at radius 2 is 1.76 bits per heavy atom. The molecule has 2 atom stereocenters. The van der Waals surface area contributed by atoms with Crippen molar-refractivity contribution in [3.05, 3.63) is 35.4 Å². The van der Waals surface area contributed by atoms with E-state index in [2.05, 4.69) is 10.1 Å². The van der Waals surface area contributed by atoms with Crippen LogP contribution >= 0.6 is 0 Å². The van der Waals surface area contributed by atoms with Crippen molar-refractivity contribution >= 4 is 5.97 Å². The van der Waals surface area contributed by atoms with Crippen LogP contribution in [-0.4, -0.2) is 19.1 Å². The van der Waals surface area contributed by atoms with Crippen LogP contribution in [-0.2, 0) is 9.53 Å². The second-order valence-electron chi connectivity index (χ2n) is 3.84. The van der Waals surface area contributed by atoms with Gasteiger partial charge in [0.1, 0.15) is 17.7 Å². The van der Waals surface area contributed by atoms with Crippen molar-refractivity contribution in [2.75, 3.05) is 7.11 Å². The van der Waals surface area contributed by atoms with Gasteiger partial charge in [0.05, 0.1) is 7.11 Å². The summed E-state index contributed by atoms with van der Waals surface area (Å²) in [6.07, 6.45) is 0. The molecule has 0 heterocycles. The molecular formula is C12H15F2NO2. The minimum absolute atomic E-state index is 0.353. The van der Waals surface area contributed by atoms with Gasteiger partial charge in [-0.3, -0.25) is 10.1 Å². The van der Waals surface area contributed by atoms with E-state index in [9.17, 15) is 13.6 Å². The fourth-order valence-electron chi connectivity index (χ4n) is 1.54. The first-order chi connectivity index (χ1) is 7.93. The molecule has 17 heavy (non-hydrogen) atoms. The number of hydrogen-bond acceptors (Lipinski definition) is 3. The van der Waals surface area contributed by atoms with E-state index in [0.29, 0.717) is 5.56 Å². The summed E-state index contributed by atoms with van der Waals surface area (Å²) in [5.41, 5.74) is 0.443. The number of rotatable bonds is 4. The number of ether oxygens (including phenoxy) is 1. The lowest BCUT2D eigenvalue weighted by molar-refractivity contribution is -0.142. The second-order valence-corrected chi connectivity index (χ2v) is 3.84. The predicted octanol–water partition coefficient (Wildman–Crippen LogP) is 2.18. The summed E-state index contributed by atoms with van der Waals surface area (Å²) in [5, 5.41) is 2.89. The normalized spacial score (nSPS) is 14.2. The van der Waals surface area contributed by atoms with E-state index < -0.39 is 23.6 Å². The zero-order valence-corrected chi connectivity index (χ0v) is 9.96. The van der Waals surface area contributed by atoms with E-state index in [1.165, 1.54) is 19.2 Å². The molecule has 0 bridgehead atoms. The van der Waals surface area contributed by atoms with Crippen molar-refractivity contribution in [2.24, 2.45) is 0 Å². The Hall–Kier alpha value is -1.49. The first-order valence-electron chi connectivity index (χ1n) is 5.24. The Kier molecular flexibility index (Phi) is 4.57. The maximum atomic E-state index is 13.0. The summed E-state index contributed by atoms with van der Waals surface area (Å²) < 4.78 is 30.5. The van der Waals surface area contributed by atoms with Gasteiger partial charge < -0.3 is 4.74 Å². The highest BCUT2D eigenvalue weighted by Gasteiger charge is 2.17. The third kappa shape index (κ3) is 3.78. The zero-order valence-electron chi connectivity index (χ0n) is 9.96. The van der Waals surface area contributed by atoms with E-state index in [4.69, 9.17) is 0 Å². The monoisotopic (exact) mass is 243 g/mol. The summed E-state index contributed by atoms with van der Waals surface area (Å²) in [5.74, 6) is -1.70. The molecule has 0 aromatic heterocycles. The first-order valence-corrected chi connectivity index (χ1v) is 5.24. The quantitative estimate of drug-likeness (QED) is 0.824. The summed E-state index contributed by atoms with van der Waals surface area (Å²) in [7, 11) is 1.28. The molecule has 0 fully saturated rings. The molecule has 1 aromatic rings. The van der Waals surface area contributed by atoms with Gasteiger partial charge in [-0.2, -0.15) is 0 Å². The van der Waals surface area contributed by atoms with Gasteiger partial charge in [0.25, 0.3) is 0 Å². The van der Waals surface area contributed by atoms with Crippen molar-refractivity contribution in [1.82, 2.24) is 5.32 Å². The first kappa shape index (κ1) is 13.6. The SMILES string of the molecule is COC(=O)[C@H](C)NC(C)c1cc(F)cc(F)c1. The van der Waals surface area contributed by atoms with E-state index in [0.717, 1.165) is 6.07 Å². The van der Waals surface area contributed by atoms with Crippen LogP contribution in [0.3, 0.4) is 0 Å². The van der Waals surface area contributed by atoms with E-state index in [-0.39, 0.29) is 6.04 Å². The minimum Gasteiger partial charge on any atom is -0.468 e. The lowest BCUT2D eigenvalue weighted by atomic mass is 10.1. The molecule has 0 spiro atoms. The van der Waals surface area contributed by atoms with Crippen molar-refractivity contribution in [1.29, 1.82) is 0 Å². The third-order valence-corrected chi connectivity index (χ3v) is 2.44. The smallest absolute Gasteiger partial charge is 0.322 e. The van der Waals surface area contributed by atoms with Gasteiger partial charge in [-0.15, -0.1) is 0 Å². The molecule has 0 aliphatic rings. The lowest BCUT2D eigenvalue weighted by Crippen LogP contribution is -2.36. The number of carbonyl (C=O) groups is 1. The van der Waals surface area contributed by atoms with Crippen LogP contribution in [0.4, 0.5) is 8.78 Å². The van der Waals surface area contributed by atoms with Crippen molar-refractivity contribution < 1.29 is 18.3 Å². The van der Waals surface area contributed by atoms with E-state index in [1.807, 2.05) is 0 Å². The van der Waals surface area contributed by atoms with Crippen LogP contribution in [0.5, 0.6) is 0 Å². The molecule has 5 heteroatoms. The zero-order chi connectivity index (χ0) is 13.0. The predicted molar refractivity (Wildman–Crippen MR) is 59.4 cm³/mol. The molecule has 0 amide bonds. The van der Waals surface area contributed by atoms with Gasteiger partial charge in [0.2, 0.25) is 0 Å². The highest BCUT2D eigenvalue weighted by atomic mass is 19.1.